The average molecular weight is 646 g/mol. The van der Waals surface area contributed by atoms with Crippen LogP contribution in [0.15, 0.2) is 108 Å². The van der Waals surface area contributed by atoms with Gasteiger partial charge in [-0.3, -0.25) is 13.9 Å². The van der Waals surface area contributed by atoms with Gasteiger partial charge in [-0.25, -0.2) is 12.8 Å². The Labute approximate surface area is 270 Å². The number of hydrogen-bond acceptors (Lipinski definition) is 5. The molecule has 1 N–H and O–H groups in total. The molecule has 2 amide bonds. The van der Waals surface area contributed by atoms with Gasteiger partial charge in [-0.15, -0.1) is 0 Å². The molecule has 0 aliphatic rings. The summed E-state index contributed by atoms with van der Waals surface area (Å²) in [5, 5.41) is 2.93. The lowest BCUT2D eigenvalue weighted by molar-refractivity contribution is -0.140. The zero-order valence-corrected chi connectivity index (χ0v) is 27.2. The first kappa shape index (κ1) is 34.2. The van der Waals surface area contributed by atoms with Crippen LogP contribution in [-0.4, -0.2) is 51.4 Å². The van der Waals surface area contributed by atoms with Gasteiger partial charge in [0.1, 0.15) is 24.2 Å². The highest BCUT2D eigenvalue weighted by molar-refractivity contribution is 7.92. The number of ether oxygens (including phenoxy) is 1. The second-order valence-electron chi connectivity index (χ2n) is 11.0. The van der Waals surface area contributed by atoms with Crippen LogP contribution in [0.1, 0.15) is 36.5 Å². The highest BCUT2D eigenvalue weighted by Gasteiger charge is 2.35. The molecule has 10 heteroatoms. The average Bonchev–Trinajstić information content (AvgIpc) is 3.06. The van der Waals surface area contributed by atoms with Crippen molar-refractivity contribution in [3.63, 3.8) is 0 Å². The third-order valence-electron chi connectivity index (χ3n) is 7.65. The number of carbonyl (C=O) groups is 2. The monoisotopic (exact) mass is 645 g/mol. The molecule has 1 unspecified atom stereocenters. The molecule has 8 nitrogen and oxygen atoms in total. The van der Waals surface area contributed by atoms with Gasteiger partial charge < -0.3 is 15.0 Å². The molecule has 0 heterocycles. The number of halogens is 1. The van der Waals surface area contributed by atoms with E-state index in [1.165, 1.54) is 30.2 Å². The zero-order valence-electron chi connectivity index (χ0n) is 26.4. The molecule has 0 bridgehead atoms. The van der Waals surface area contributed by atoms with Crippen molar-refractivity contribution in [2.75, 3.05) is 24.5 Å². The summed E-state index contributed by atoms with van der Waals surface area (Å²) >= 11 is 0. The molecule has 0 fully saturated rings. The first-order chi connectivity index (χ1) is 22.1. The van der Waals surface area contributed by atoms with Crippen LogP contribution in [0, 0.1) is 12.7 Å². The number of methoxy groups -OCH3 is 1. The SMILES string of the molecule is CCCCNC(=O)C(Cc1ccccc1)N(Cc1ccccc1F)C(=O)CN(c1ccc(OC)cc1)S(=O)(=O)c1ccc(C)cc1. The maximum Gasteiger partial charge on any atom is 0.264 e. The Morgan fingerprint density at radius 1 is 0.891 bits per heavy atom. The Kier molecular flexibility index (Phi) is 11.9. The summed E-state index contributed by atoms with van der Waals surface area (Å²) in [5.41, 5.74) is 2.10. The van der Waals surface area contributed by atoms with E-state index in [1.54, 1.807) is 54.6 Å². The second-order valence-corrected chi connectivity index (χ2v) is 12.8. The first-order valence-electron chi connectivity index (χ1n) is 15.2. The Hall–Kier alpha value is -4.70. The number of amides is 2. The number of nitrogens with zero attached hydrogens (tertiary/aromatic N) is 2. The van der Waals surface area contributed by atoms with Crippen molar-refractivity contribution in [1.82, 2.24) is 10.2 Å². The molecular weight excluding hydrogens is 605 g/mol. The van der Waals surface area contributed by atoms with Crippen molar-refractivity contribution in [2.24, 2.45) is 0 Å². The Morgan fingerprint density at radius 3 is 2.17 bits per heavy atom. The molecule has 0 aliphatic carbocycles. The van der Waals surface area contributed by atoms with Crippen LogP contribution in [0.5, 0.6) is 5.75 Å². The second kappa shape index (κ2) is 16.0. The summed E-state index contributed by atoms with van der Waals surface area (Å²) in [5.74, 6) is -1.10. The fourth-order valence-corrected chi connectivity index (χ4v) is 6.40. The van der Waals surface area contributed by atoms with Crippen molar-refractivity contribution < 1.29 is 27.1 Å². The number of aryl methyl sites for hydroxylation is 1. The summed E-state index contributed by atoms with van der Waals surface area (Å²) < 4.78 is 49.6. The number of carbonyl (C=O) groups excluding carboxylic acids is 2. The fraction of sp³-hybridized carbons (Fsp3) is 0.278. The van der Waals surface area contributed by atoms with Crippen LogP contribution < -0.4 is 14.4 Å². The Morgan fingerprint density at radius 2 is 1.54 bits per heavy atom. The number of nitrogens with one attached hydrogen (secondary N) is 1. The topological polar surface area (TPSA) is 96.0 Å². The third kappa shape index (κ3) is 8.72. The standard InChI is InChI=1S/C36H40FN3O5S/c1-4-5-23-38-36(42)34(24-28-11-7-6-8-12-28)39(25-29-13-9-10-14-33(29)37)35(41)26-40(30-17-19-31(45-3)20-18-30)46(43,44)32-21-15-27(2)16-22-32/h6-22,34H,4-5,23-26H2,1-3H3,(H,38,42). The molecular formula is C36H40FN3O5S. The lowest BCUT2D eigenvalue weighted by Gasteiger charge is -2.34. The minimum Gasteiger partial charge on any atom is -0.497 e. The fourth-order valence-electron chi connectivity index (χ4n) is 4.98. The van der Waals surface area contributed by atoms with E-state index in [-0.39, 0.29) is 29.1 Å². The number of rotatable bonds is 15. The number of benzene rings is 4. The van der Waals surface area contributed by atoms with E-state index in [0.29, 0.717) is 12.3 Å². The predicted molar refractivity (Wildman–Crippen MR) is 178 cm³/mol. The predicted octanol–water partition coefficient (Wildman–Crippen LogP) is 5.89. The van der Waals surface area contributed by atoms with E-state index in [1.807, 2.05) is 44.2 Å². The summed E-state index contributed by atoms with van der Waals surface area (Å²) in [6.45, 7) is 3.38. The van der Waals surface area contributed by atoms with Gasteiger partial charge in [0.15, 0.2) is 0 Å². The van der Waals surface area contributed by atoms with Gasteiger partial charge in [-0.1, -0.05) is 79.6 Å². The lowest BCUT2D eigenvalue weighted by atomic mass is 10.0. The van der Waals surface area contributed by atoms with Crippen molar-refractivity contribution in [3.8, 4) is 5.75 Å². The molecule has 0 aromatic heterocycles. The third-order valence-corrected chi connectivity index (χ3v) is 9.44. The molecule has 4 aromatic carbocycles. The molecule has 0 saturated heterocycles. The molecule has 242 valence electrons. The van der Waals surface area contributed by atoms with E-state index in [2.05, 4.69) is 5.32 Å². The van der Waals surface area contributed by atoms with Crippen LogP contribution in [0.25, 0.3) is 0 Å². The normalized spacial score (nSPS) is 11.8. The molecule has 4 rings (SSSR count). The largest absolute Gasteiger partial charge is 0.497 e. The smallest absolute Gasteiger partial charge is 0.264 e. The number of anilines is 1. The summed E-state index contributed by atoms with van der Waals surface area (Å²) in [6, 6.07) is 26.9. The summed E-state index contributed by atoms with van der Waals surface area (Å²) in [6.07, 6.45) is 1.74. The summed E-state index contributed by atoms with van der Waals surface area (Å²) in [4.78, 5) is 29.5. The van der Waals surface area contributed by atoms with E-state index < -0.39 is 40.2 Å². The van der Waals surface area contributed by atoms with Crippen molar-refractivity contribution >= 4 is 27.5 Å². The summed E-state index contributed by atoms with van der Waals surface area (Å²) in [7, 11) is -2.75. The lowest BCUT2D eigenvalue weighted by Crippen LogP contribution is -2.53. The van der Waals surface area contributed by atoms with Crippen LogP contribution in [0.3, 0.4) is 0 Å². The molecule has 0 spiro atoms. The van der Waals surface area contributed by atoms with E-state index in [9.17, 15) is 18.0 Å². The van der Waals surface area contributed by atoms with Crippen molar-refractivity contribution in [2.45, 2.75) is 50.6 Å². The molecule has 0 aliphatic heterocycles. The van der Waals surface area contributed by atoms with E-state index in [0.717, 1.165) is 28.3 Å². The molecule has 0 radical (unpaired) electrons. The number of hydrogen-bond donors (Lipinski definition) is 1. The van der Waals surface area contributed by atoms with Crippen LogP contribution in [0.2, 0.25) is 0 Å². The highest BCUT2D eigenvalue weighted by atomic mass is 32.2. The quantitative estimate of drug-likeness (QED) is 0.163. The maximum absolute atomic E-state index is 15.0. The number of unbranched alkanes of at least 4 members (excludes halogenated alkanes) is 1. The molecule has 4 aromatic rings. The van der Waals surface area contributed by atoms with Gasteiger partial charge >= 0.3 is 0 Å². The highest BCUT2D eigenvalue weighted by Crippen LogP contribution is 2.27. The first-order valence-corrected chi connectivity index (χ1v) is 16.7. The van der Waals surface area contributed by atoms with E-state index in [4.69, 9.17) is 4.74 Å². The van der Waals surface area contributed by atoms with Gasteiger partial charge in [-0.2, -0.15) is 0 Å². The van der Waals surface area contributed by atoms with Gasteiger partial charge in [0, 0.05) is 25.1 Å². The number of sulfonamides is 1. The molecule has 0 saturated carbocycles. The Bertz CT molecular complexity index is 1700. The van der Waals surface area contributed by atoms with Crippen LogP contribution in [0.4, 0.5) is 10.1 Å². The Balaban J connectivity index is 1.80. The van der Waals surface area contributed by atoms with Gasteiger partial charge in [-0.05, 0) is 61.4 Å². The minimum absolute atomic E-state index is 0.000478. The minimum atomic E-state index is -4.25. The van der Waals surface area contributed by atoms with Crippen molar-refractivity contribution in [1.29, 1.82) is 0 Å². The molecule has 1 atom stereocenters. The van der Waals surface area contributed by atoms with E-state index >= 15 is 4.39 Å². The van der Waals surface area contributed by atoms with Gasteiger partial charge in [0.2, 0.25) is 11.8 Å². The van der Waals surface area contributed by atoms with Crippen LogP contribution >= 0.6 is 0 Å². The maximum atomic E-state index is 15.0. The van der Waals surface area contributed by atoms with Gasteiger partial charge in [0.25, 0.3) is 10.0 Å². The van der Waals surface area contributed by atoms with Crippen molar-refractivity contribution in [3.05, 3.63) is 126 Å². The molecule has 46 heavy (non-hydrogen) atoms. The van der Waals surface area contributed by atoms with Gasteiger partial charge in [0.05, 0.1) is 17.7 Å². The zero-order chi connectivity index (χ0) is 33.1. The van der Waals surface area contributed by atoms with Crippen LogP contribution in [-0.2, 0) is 32.6 Å².